The first-order chi connectivity index (χ1) is 13.4. The maximum Gasteiger partial charge on any atom is 0.386 e. The molecule has 0 aromatic carbocycles. The molecule has 0 saturated carbocycles. The molecule has 3 atom stereocenters. The highest BCUT2D eigenvalue weighted by atomic mass is 32.2. The van der Waals surface area contributed by atoms with Crippen LogP contribution in [0.5, 0.6) is 0 Å². The van der Waals surface area contributed by atoms with E-state index >= 15 is 0 Å². The van der Waals surface area contributed by atoms with Crippen LogP contribution in [0.1, 0.15) is 34.6 Å². The van der Waals surface area contributed by atoms with Gasteiger partial charge in [-0.2, -0.15) is 4.79 Å². The van der Waals surface area contributed by atoms with Crippen molar-refractivity contribution in [2.75, 3.05) is 13.4 Å². The molecule has 2 aliphatic heterocycles. The average molecular weight is 427 g/mol. The zero-order valence-electron chi connectivity index (χ0n) is 16.6. The Morgan fingerprint density at radius 2 is 1.83 bits per heavy atom. The van der Waals surface area contributed by atoms with E-state index in [0.717, 1.165) is 11.8 Å². The molecule has 1 fully saturated rings. The van der Waals surface area contributed by atoms with Crippen molar-refractivity contribution in [3.05, 3.63) is 16.8 Å². The number of fused-ring (bicyclic) bond motifs is 1. The predicted molar refractivity (Wildman–Crippen MR) is 96.7 cm³/mol. The summed E-state index contributed by atoms with van der Waals surface area (Å²) in [4.78, 5) is 51.7. The number of hydrogen-bond acceptors (Lipinski definition) is 8. The van der Waals surface area contributed by atoms with E-state index in [0.29, 0.717) is 0 Å². The van der Waals surface area contributed by atoms with Crippen molar-refractivity contribution < 1.29 is 42.4 Å². The summed E-state index contributed by atoms with van der Waals surface area (Å²) in [5, 5.41) is -1.36. The van der Waals surface area contributed by atoms with Crippen LogP contribution >= 0.6 is 0 Å². The van der Waals surface area contributed by atoms with Crippen molar-refractivity contribution in [3.8, 4) is 0 Å². The van der Waals surface area contributed by atoms with Gasteiger partial charge >= 0.3 is 23.0 Å². The normalized spacial score (nSPS) is 23.6. The van der Waals surface area contributed by atoms with Gasteiger partial charge in [0.15, 0.2) is 10.8 Å². The van der Waals surface area contributed by atoms with Crippen molar-refractivity contribution in [2.45, 2.75) is 40.0 Å². The quantitative estimate of drug-likeness (QED) is 0.197. The predicted octanol–water partition coefficient (Wildman–Crippen LogP) is 0.0886. The summed E-state index contributed by atoms with van der Waals surface area (Å²) in [6, 6.07) is 0. The minimum Gasteiger partial charge on any atom is -0.465 e. The monoisotopic (exact) mass is 427 g/mol. The fourth-order valence-corrected chi connectivity index (χ4v) is 4.30. The lowest BCUT2D eigenvalue weighted by atomic mass is 9.96. The smallest absolute Gasteiger partial charge is 0.386 e. The molecule has 0 bridgehead atoms. The molecule has 1 amide bonds. The average Bonchev–Trinajstić information content (AvgIpc) is 2.61. The van der Waals surface area contributed by atoms with Gasteiger partial charge in [-0.1, -0.05) is 0 Å². The lowest BCUT2D eigenvalue weighted by Crippen LogP contribution is -2.67. The molecule has 29 heavy (non-hydrogen) atoms. The Morgan fingerprint density at radius 3 is 2.34 bits per heavy atom. The van der Waals surface area contributed by atoms with Crippen LogP contribution in [-0.4, -0.2) is 61.5 Å². The van der Waals surface area contributed by atoms with Gasteiger partial charge in [0.25, 0.3) is 0 Å². The number of esters is 3. The van der Waals surface area contributed by atoms with E-state index in [4.69, 9.17) is 14.2 Å². The molecule has 1 unspecified atom stereocenters. The summed E-state index contributed by atoms with van der Waals surface area (Å²) in [5.41, 5.74) is 8.12. The molecule has 2 aliphatic rings. The molecule has 12 heteroatoms. The number of amides is 1. The number of ether oxygens (including phenoxy) is 3. The molecule has 2 rings (SSSR count). The van der Waals surface area contributed by atoms with Crippen LogP contribution in [0.4, 0.5) is 0 Å². The van der Waals surface area contributed by atoms with Crippen molar-refractivity contribution in [2.24, 2.45) is 11.3 Å². The van der Waals surface area contributed by atoms with Crippen molar-refractivity contribution >= 4 is 39.7 Å². The highest BCUT2D eigenvalue weighted by molar-refractivity contribution is 8.01. The molecule has 0 aliphatic carbocycles. The first-order valence-corrected chi connectivity index (χ1v) is 9.77. The third-order valence-corrected chi connectivity index (χ3v) is 5.97. The minimum atomic E-state index is -1.96. The Labute approximate surface area is 169 Å². The fourth-order valence-electron chi connectivity index (χ4n) is 2.70. The summed E-state index contributed by atoms with van der Waals surface area (Å²) in [7, 11) is -1.96. The van der Waals surface area contributed by atoms with Gasteiger partial charge < -0.3 is 19.7 Å². The molecule has 158 valence electrons. The van der Waals surface area contributed by atoms with Crippen LogP contribution in [0.15, 0.2) is 11.3 Å². The molecular formula is C17H21N3O8S. The van der Waals surface area contributed by atoms with Crippen molar-refractivity contribution in [1.82, 2.24) is 4.90 Å². The SMILES string of the molecule is CC(=O)OCC1C(=O)N2C(C(=O)OCOC(=O)C(C)(C)C)=C(C)C(=[N+]=[N-])[S@@](=O)[C@@H]12. The van der Waals surface area contributed by atoms with Gasteiger partial charge in [0.1, 0.15) is 23.6 Å². The first kappa shape index (κ1) is 22.4. The number of carbonyl (C=O) groups is 4. The second-order valence-electron chi connectivity index (χ2n) is 7.42. The van der Waals surface area contributed by atoms with Gasteiger partial charge in [0.2, 0.25) is 12.7 Å². The van der Waals surface area contributed by atoms with Gasteiger partial charge in [0, 0.05) is 6.92 Å². The summed E-state index contributed by atoms with van der Waals surface area (Å²) in [6.45, 7) is 6.34. The van der Waals surface area contributed by atoms with Crippen LogP contribution in [0.3, 0.4) is 0 Å². The van der Waals surface area contributed by atoms with Crippen LogP contribution < -0.4 is 0 Å². The zero-order valence-corrected chi connectivity index (χ0v) is 17.4. The molecular weight excluding hydrogens is 406 g/mol. The van der Waals surface area contributed by atoms with Gasteiger partial charge in [0.05, 0.1) is 11.0 Å². The zero-order chi connectivity index (χ0) is 22.1. The molecule has 0 spiro atoms. The molecule has 11 nitrogen and oxygen atoms in total. The van der Waals surface area contributed by atoms with E-state index in [-0.39, 0.29) is 22.9 Å². The van der Waals surface area contributed by atoms with Crippen LogP contribution in [0, 0.1) is 11.3 Å². The van der Waals surface area contributed by atoms with Crippen LogP contribution in [0.2, 0.25) is 0 Å². The van der Waals surface area contributed by atoms with E-state index in [2.05, 4.69) is 4.79 Å². The van der Waals surface area contributed by atoms with E-state index in [1.807, 2.05) is 0 Å². The Kier molecular flexibility index (Phi) is 6.39. The van der Waals surface area contributed by atoms with Crippen molar-refractivity contribution in [3.63, 3.8) is 0 Å². The van der Waals surface area contributed by atoms with E-state index in [1.165, 1.54) is 6.92 Å². The molecule has 1 saturated heterocycles. The highest BCUT2D eigenvalue weighted by Gasteiger charge is 2.60. The number of hydrogen-bond donors (Lipinski definition) is 0. The standard InChI is InChI=1S/C17H21N3O8S/c1-8-11(15(23)27-7-28-16(24)17(3,4)5)20-13(22)10(6-26-9(2)21)14(20)29(25)12(8)19-18/h10,14H,6-7H2,1-5H3/t10?,14-,29+/m0/s1. The molecule has 0 radical (unpaired) electrons. The van der Waals surface area contributed by atoms with Gasteiger partial charge in [-0.25, -0.2) is 9.00 Å². The Bertz CT molecular complexity index is 882. The first-order valence-electron chi connectivity index (χ1n) is 8.56. The molecule has 0 N–H and O–H groups in total. The molecule has 0 aromatic heterocycles. The number of nitrogens with zero attached hydrogens (tertiary/aromatic N) is 3. The van der Waals surface area contributed by atoms with Crippen molar-refractivity contribution in [1.29, 1.82) is 0 Å². The van der Waals surface area contributed by atoms with Gasteiger partial charge in [-0.05, 0) is 27.7 Å². The lowest BCUT2D eigenvalue weighted by Gasteiger charge is -2.47. The van der Waals surface area contributed by atoms with E-state index in [1.54, 1.807) is 20.8 Å². The van der Waals surface area contributed by atoms with Gasteiger partial charge in [-0.15, -0.1) is 0 Å². The Balaban J connectivity index is 2.23. The summed E-state index contributed by atoms with van der Waals surface area (Å²) < 4.78 is 27.2. The summed E-state index contributed by atoms with van der Waals surface area (Å²) in [6.07, 6.45) is 0. The molecule has 2 heterocycles. The molecule has 0 aromatic rings. The number of carbonyl (C=O) groups excluding carboxylic acids is 4. The second-order valence-corrected chi connectivity index (χ2v) is 8.88. The second kappa shape index (κ2) is 8.26. The van der Waals surface area contributed by atoms with E-state index < -0.39 is 58.1 Å². The summed E-state index contributed by atoms with van der Waals surface area (Å²) in [5.74, 6) is -3.81. The number of rotatable bonds is 5. The third kappa shape index (κ3) is 4.28. The summed E-state index contributed by atoms with van der Waals surface area (Å²) >= 11 is 0. The Hall–Kier alpha value is -2.85. The minimum absolute atomic E-state index is 0.0199. The van der Waals surface area contributed by atoms with E-state index in [9.17, 15) is 28.9 Å². The largest absolute Gasteiger partial charge is 0.465 e. The maximum absolute atomic E-state index is 12.6. The number of β-lactam (4-membered cyclic amide) rings is 1. The highest BCUT2D eigenvalue weighted by Crippen LogP contribution is 2.39. The Morgan fingerprint density at radius 1 is 1.21 bits per heavy atom. The third-order valence-electron chi connectivity index (χ3n) is 4.22. The fraction of sp³-hybridized carbons (Fsp3) is 0.588. The topological polar surface area (TPSA) is 153 Å². The van der Waals surface area contributed by atoms with Gasteiger partial charge in [-0.3, -0.25) is 19.3 Å². The van der Waals surface area contributed by atoms with Crippen LogP contribution in [-0.2, 0) is 44.2 Å². The van der Waals surface area contributed by atoms with Crippen LogP contribution in [0.25, 0.3) is 5.53 Å². The maximum atomic E-state index is 12.6. The lowest BCUT2D eigenvalue weighted by molar-refractivity contribution is -0.174.